The summed E-state index contributed by atoms with van der Waals surface area (Å²) < 4.78 is 0. The number of hydrogen-bond acceptors (Lipinski definition) is 1. The van der Waals surface area contributed by atoms with E-state index in [0.29, 0.717) is 0 Å². The van der Waals surface area contributed by atoms with Gasteiger partial charge in [-0.25, -0.2) is 0 Å². The van der Waals surface area contributed by atoms with Gasteiger partial charge >= 0.3 is 0 Å². The Morgan fingerprint density at radius 1 is 0.571 bits per heavy atom. The molecule has 0 aromatic heterocycles. The maximum atomic E-state index is 5.81. The predicted molar refractivity (Wildman–Crippen MR) is 91.3 cm³/mol. The first-order valence-electron chi connectivity index (χ1n) is 7.09. The standard InChI is InChI=1S/C20H15N/c21-17-12-10-15(11-13-17)19-7-3-5-16-9-8-14-4-1-2-6-18(14)20(16)19/h1-13H,21H2. The average Bonchev–Trinajstić information content (AvgIpc) is 2.55. The first-order valence-corrected chi connectivity index (χ1v) is 7.09. The number of hydrogen-bond donors (Lipinski definition) is 1. The molecule has 0 spiro atoms. The van der Waals surface area contributed by atoms with Crippen LogP contribution in [0.5, 0.6) is 0 Å². The molecule has 0 bridgehead atoms. The molecule has 0 amide bonds. The summed E-state index contributed by atoms with van der Waals surface area (Å²) in [4.78, 5) is 0. The molecule has 0 atom stereocenters. The number of nitrogen functional groups attached to an aromatic ring is 1. The second-order valence-corrected chi connectivity index (χ2v) is 5.31. The van der Waals surface area contributed by atoms with Crippen LogP contribution in [0, 0.1) is 0 Å². The van der Waals surface area contributed by atoms with Crippen molar-refractivity contribution in [1.82, 2.24) is 0 Å². The Balaban J connectivity index is 2.13. The lowest BCUT2D eigenvalue weighted by molar-refractivity contribution is 1.65. The molecule has 0 unspecified atom stereocenters. The Morgan fingerprint density at radius 2 is 1.29 bits per heavy atom. The highest BCUT2D eigenvalue weighted by Crippen LogP contribution is 2.34. The third-order valence-electron chi connectivity index (χ3n) is 3.99. The van der Waals surface area contributed by atoms with Gasteiger partial charge < -0.3 is 5.73 Å². The monoisotopic (exact) mass is 269 g/mol. The highest BCUT2D eigenvalue weighted by molar-refractivity contribution is 6.14. The highest BCUT2D eigenvalue weighted by Gasteiger charge is 2.07. The van der Waals surface area contributed by atoms with Crippen LogP contribution in [0.2, 0.25) is 0 Å². The largest absolute Gasteiger partial charge is 0.399 e. The third-order valence-corrected chi connectivity index (χ3v) is 3.99. The molecular formula is C20H15N. The molecule has 4 aromatic rings. The van der Waals surface area contributed by atoms with Gasteiger partial charge in [0.2, 0.25) is 0 Å². The Labute approximate surface area is 123 Å². The van der Waals surface area contributed by atoms with Crippen LogP contribution in [0.15, 0.2) is 78.9 Å². The Hall–Kier alpha value is -2.80. The smallest absolute Gasteiger partial charge is 0.0314 e. The molecule has 0 aliphatic rings. The van der Waals surface area contributed by atoms with Gasteiger partial charge in [0.05, 0.1) is 0 Å². The van der Waals surface area contributed by atoms with Crippen LogP contribution in [0.25, 0.3) is 32.7 Å². The molecule has 0 saturated carbocycles. The highest BCUT2D eigenvalue weighted by atomic mass is 14.5. The second kappa shape index (κ2) is 4.64. The van der Waals surface area contributed by atoms with Gasteiger partial charge in [-0.2, -0.15) is 0 Å². The second-order valence-electron chi connectivity index (χ2n) is 5.31. The molecule has 0 heterocycles. The van der Waals surface area contributed by atoms with Crippen LogP contribution in [0.3, 0.4) is 0 Å². The maximum absolute atomic E-state index is 5.81. The Bertz CT molecular complexity index is 937. The first-order chi connectivity index (χ1) is 10.3. The predicted octanol–water partition coefficient (Wildman–Crippen LogP) is 5.24. The lowest BCUT2D eigenvalue weighted by Gasteiger charge is -2.10. The van der Waals surface area contributed by atoms with E-state index in [2.05, 4.69) is 66.7 Å². The van der Waals surface area contributed by atoms with Crippen molar-refractivity contribution in [1.29, 1.82) is 0 Å². The zero-order valence-corrected chi connectivity index (χ0v) is 11.6. The molecule has 4 rings (SSSR count). The van der Waals surface area contributed by atoms with Gasteiger partial charge in [0.25, 0.3) is 0 Å². The SMILES string of the molecule is Nc1ccc(-c2cccc3ccc4ccccc4c23)cc1. The van der Waals surface area contributed by atoms with Crippen molar-refractivity contribution in [2.45, 2.75) is 0 Å². The minimum absolute atomic E-state index is 0.795. The number of fused-ring (bicyclic) bond motifs is 3. The van der Waals surface area contributed by atoms with E-state index in [0.717, 1.165) is 5.69 Å². The molecule has 2 N–H and O–H groups in total. The maximum Gasteiger partial charge on any atom is 0.0314 e. The van der Waals surface area contributed by atoms with E-state index in [1.54, 1.807) is 0 Å². The third kappa shape index (κ3) is 1.95. The van der Waals surface area contributed by atoms with Crippen LogP contribution in [-0.4, -0.2) is 0 Å². The molecule has 0 aliphatic carbocycles. The van der Waals surface area contributed by atoms with E-state index in [1.807, 2.05) is 12.1 Å². The molecule has 0 aliphatic heterocycles. The molecule has 0 saturated heterocycles. The van der Waals surface area contributed by atoms with Gasteiger partial charge in [0, 0.05) is 5.69 Å². The summed E-state index contributed by atoms with van der Waals surface area (Å²) in [5.74, 6) is 0. The van der Waals surface area contributed by atoms with E-state index < -0.39 is 0 Å². The van der Waals surface area contributed by atoms with Crippen LogP contribution in [0.1, 0.15) is 0 Å². The van der Waals surface area contributed by atoms with Gasteiger partial charge in [0.1, 0.15) is 0 Å². The Kier molecular flexibility index (Phi) is 2.65. The van der Waals surface area contributed by atoms with Crippen molar-refractivity contribution < 1.29 is 0 Å². The van der Waals surface area contributed by atoms with E-state index in [-0.39, 0.29) is 0 Å². The number of anilines is 1. The zero-order chi connectivity index (χ0) is 14.2. The summed E-state index contributed by atoms with van der Waals surface area (Å²) in [7, 11) is 0. The summed E-state index contributed by atoms with van der Waals surface area (Å²) in [5.41, 5.74) is 9.06. The zero-order valence-electron chi connectivity index (χ0n) is 11.6. The van der Waals surface area contributed by atoms with E-state index in [1.165, 1.54) is 32.7 Å². The molecule has 100 valence electrons. The molecule has 0 radical (unpaired) electrons. The van der Waals surface area contributed by atoms with Gasteiger partial charge in [-0.05, 0) is 44.8 Å². The molecule has 1 nitrogen and oxygen atoms in total. The van der Waals surface area contributed by atoms with Gasteiger partial charge in [-0.15, -0.1) is 0 Å². The summed E-state index contributed by atoms with van der Waals surface area (Å²) in [6.07, 6.45) is 0. The first kappa shape index (κ1) is 12.0. The van der Waals surface area contributed by atoms with Crippen molar-refractivity contribution in [3.05, 3.63) is 78.9 Å². The molecule has 4 aromatic carbocycles. The van der Waals surface area contributed by atoms with E-state index in [4.69, 9.17) is 5.73 Å². The van der Waals surface area contributed by atoms with Crippen molar-refractivity contribution in [2.24, 2.45) is 0 Å². The molecule has 21 heavy (non-hydrogen) atoms. The van der Waals surface area contributed by atoms with Crippen LogP contribution in [0.4, 0.5) is 5.69 Å². The van der Waals surface area contributed by atoms with Gasteiger partial charge in [-0.1, -0.05) is 66.7 Å². The molecular weight excluding hydrogens is 254 g/mol. The number of nitrogens with two attached hydrogens (primary N) is 1. The Morgan fingerprint density at radius 3 is 2.14 bits per heavy atom. The number of benzene rings is 4. The quantitative estimate of drug-likeness (QED) is 0.371. The fourth-order valence-electron chi connectivity index (χ4n) is 2.96. The molecule has 1 heteroatoms. The summed E-state index contributed by atoms with van der Waals surface area (Å²) in [6.45, 7) is 0. The summed E-state index contributed by atoms with van der Waals surface area (Å²) >= 11 is 0. The minimum atomic E-state index is 0.795. The van der Waals surface area contributed by atoms with Crippen molar-refractivity contribution >= 4 is 27.2 Å². The van der Waals surface area contributed by atoms with Crippen LogP contribution < -0.4 is 5.73 Å². The topological polar surface area (TPSA) is 26.0 Å². The fraction of sp³-hybridized carbons (Fsp3) is 0. The normalized spacial score (nSPS) is 11.0. The van der Waals surface area contributed by atoms with Gasteiger partial charge in [0.15, 0.2) is 0 Å². The average molecular weight is 269 g/mol. The van der Waals surface area contributed by atoms with E-state index >= 15 is 0 Å². The summed E-state index contributed by atoms with van der Waals surface area (Å²) in [5, 5.41) is 5.14. The lowest BCUT2D eigenvalue weighted by Crippen LogP contribution is -1.86. The van der Waals surface area contributed by atoms with Crippen LogP contribution in [-0.2, 0) is 0 Å². The summed E-state index contributed by atoms with van der Waals surface area (Å²) in [6, 6.07) is 27.5. The van der Waals surface area contributed by atoms with Crippen molar-refractivity contribution in [2.75, 3.05) is 5.73 Å². The van der Waals surface area contributed by atoms with Crippen LogP contribution >= 0.6 is 0 Å². The van der Waals surface area contributed by atoms with Crippen molar-refractivity contribution in [3.8, 4) is 11.1 Å². The lowest BCUT2D eigenvalue weighted by atomic mass is 9.94. The minimum Gasteiger partial charge on any atom is -0.399 e. The fourth-order valence-corrected chi connectivity index (χ4v) is 2.96. The number of rotatable bonds is 1. The van der Waals surface area contributed by atoms with E-state index in [9.17, 15) is 0 Å². The van der Waals surface area contributed by atoms with Crippen molar-refractivity contribution in [3.63, 3.8) is 0 Å². The van der Waals surface area contributed by atoms with Gasteiger partial charge in [-0.3, -0.25) is 0 Å². The molecule has 0 fully saturated rings.